The van der Waals surface area contributed by atoms with Gasteiger partial charge in [-0.3, -0.25) is 0 Å². The van der Waals surface area contributed by atoms with Crippen LogP contribution in [-0.4, -0.2) is 62.9 Å². The van der Waals surface area contributed by atoms with E-state index in [1.165, 1.54) is 5.48 Å². The average molecular weight is 195 g/mol. The van der Waals surface area contributed by atoms with Gasteiger partial charge in [-0.15, -0.1) is 0 Å². The van der Waals surface area contributed by atoms with Gasteiger partial charge < -0.3 is 30.4 Å². The molecule has 78 valence electrons. The highest BCUT2D eigenvalue weighted by molar-refractivity contribution is 4.94. The Morgan fingerprint density at radius 3 is 2.54 bits per heavy atom. The predicted octanol–water partition coefficient (Wildman–Crippen LogP) is -3.23. The zero-order valence-corrected chi connectivity index (χ0v) is 6.79. The van der Waals surface area contributed by atoms with Crippen molar-refractivity contribution in [2.24, 2.45) is 0 Å². The van der Waals surface area contributed by atoms with E-state index >= 15 is 0 Å². The summed E-state index contributed by atoms with van der Waals surface area (Å²) in [7, 11) is 0. The summed E-state index contributed by atoms with van der Waals surface area (Å²) in [6.45, 7) is -0.896. The van der Waals surface area contributed by atoms with E-state index in [0.717, 1.165) is 0 Å². The van der Waals surface area contributed by atoms with Crippen LogP contribution in [0.2, 0.25) is 0 Å². The maximum Gasteiger partial charge on any atom is 0.189 e. The second-order valence-corrected chi connectivity index (χ2v) is 3.00. The number of hydrogen-bond acceptors (Lipinski definition) is 7. The Balaban J connectivity index is 2.69. The second-order valence-electron chi connectivity index (χ2n) is 3.00. The molecule has 0 unspecified atom stereocenters. The highest BCUT2D eigenvalue weighted by atomic mass is 16.6. The quantitative estimate of drug-likeness (QED) is 0.202. The lowest BCUT2D eigenvalue weighted by Gasteiger charge is -2.41. The molecule has 1 aliphatic rings. The van der Waals surface area contributed by atoms with Crippen LogP contribution in [0, 0.1) is 0 Å². The van der Waals surface area contributed by atoms with E-state index in [1.807, 2.05) is 0 Å². The van der Waals surface area contributed by atoms with Gasteiger partial charge in [0.15, 0.2) is 5.72 Å². The highest BCUT2D eigenvalue weighted by Gasteiger charge is 2.48. The molecule has 1 fully saturated rings. The Hall–Kier alpha value is -0.280. The van der Waals surface area contributed by atoms with Crippen LogP contribution in [0.5, 0.6) is 0 Å². The molecule has 0 saturated carbocycles. The van der Waals surface area contributed by atoms with E-state index in [0.29, 0.717) is 0 Å². The zero-order chi connectivity index (χ0) is 10.1. The summed E-state index contributed by atoms with van der Waals surface area (Å²) < 4.78 is 4.78. The maximum absolute atomic E-state index is 9.35. The highest BCUT2D eigenvalue weighted by Crippen LogP contribution is 2.21. The Labute approximate surface area is 74.1 Å². The fourth-order valence-electron chi connectivity index (χ4n) is 1.16. The lowest BCUT2D eigenvalue weighted by atomic mass is 9.96. The molecule has 0 aromatic rings. The molecule has 13 heavy (non-hydrogen) atoms. The van der Waals surface area contributed by atoms with E-state index in [2.05, 4.69) is 0 Å². The lowest BCUT2D eigenvalue weighted by molar-refractivity contribution is -0.275. The van der Waals surface area contributed by atoms with Crippen molar-refractivity contribution in [1.29, 1.82) is 0 Å². The van der Waals surface area contributed by atoms with Gasteiger partial charge in [-0.2, -0.15) is 5.48 Å². The molecule has 0 spiro atoms. The minimum Gasteiger partial charge on any atom is -0.394 e. The average Bonchev–Trinajstić information content (AvgIpc) is 2.15. The van der Waals surface area contributed by atoms with Gasteiger partial charge in [-0.05, 0) is 0 Å². The number of nitrogens with one attached hydrogen (secondary N) is 1. The first-order valence-electron chi connectivity index (χ1n) is 3.77. The van der Waals surface area contributed by atoms with Crippen molar-refractivity contribution in [3.05, 3.63) is 0 Å². The molecule has 1 aliphatic heterocycles. The molecule has 0 radical (unpaired) electrons. The molecule has 6 N–H and O–H groups in total. The van der Waals surface area contributed by atoms with Crippen molar-refractivity contribution in [2.75, 3.05) is 13.2 Å². The molecule has 7 heteroatoms. The van der Waals surface area contributed by atoms with E-state index in [-0.39, 0.29) is 0 Å². The first-order valence-corrected chi connectivity index (χ1v) is 3.77. The van der Waals surface area contributed by atoms with Gasteiger partial charge >= 0.3 is 0 Å². The fraction of sp³-hybridized carbons (Fsp3) is 1.00. The number of aliphatic hydroxyl groups excluding tert-OH is 3. The van der Waals surface area contributed by atoms with Gasteiger partial charge in [0.2, 0.25) is 0 Å². The Kier molecular flexibility index (Phi) is 3.19. The number of aliphatic hydroxyl groups is 4. The Morgan fingerprint density at radius 1 is 1.46 bits per heavy atom. The van der Waals surface area contributed by atoms with Crippen LogP contribution in [0.3, 0.4) is 0 Å². The predicted molar refractivity (Wildman–Crippen MR) is 38.7 cm³/mol. The lowest BCUT2D eigenvalue weighted by Crippen LogP contribution is -2.67. The number of ether oxygens (including phenoxy) is 1. The van der Waals surface area contributed by atoms with E-state index in [4.69, 9.17) is 15.1 Å². The summed E-state index contributed by atoms with van der Waals surface area (Å²) >= 11 is 0. The van der Waals surface area contributed by atoms with Crippen molar-refractivity contribution in [3.8, 4) is 0 Å². The zero-order valence-electron chi connectivity index (χ0n) is 6.79. The minimum absolute atomic E-state index is 0.424. The van der Waals surface area contributed by atoms with Gasteiger partial charge in [-0.25, -0.2) is 0 Å². The first-order chi connectivity index (χ1) is 6.05. The second kappa shape index (κ2) is 3.84. The first kappa shape index (κ1) is 10.8. The molecule has 1 rings (SSSR count). The summed E-state index contributed by atoms with van der Waals surface area (Å²) in [6.07, 6.45) is -4.03. The molecule has 0 bridgehead atoms. The van der Waals surface area contributed by atoms with Crippen LogP contribution in [0.4, 0.5) is 0 Å². The van der Waals surface area contributed by atoms with Gasteiger partial charge in [0.1, 0.15) is 18.3 Å². The van der Waals surface area contributed by atoms with Crippen LogP contribution in [0.25, 0.3) is 0 Å². The number of hydroxylamine groups is 1. The number of hydrogen-bond donors (Lipinski definition) is 6. The molecule has 7 nitrogen and oxygen atoms in total. The SMILES string of the molecule is OC[C@H]1OC[C@](O)(NO)[C@@H](O)[C@H]1O. The third kappa shape index (κ3) is 1.81. The Bertz CT molecular complexity index is 179. The maximum atomic E-state index is 9.35. The van der Waals surface area contributed by atoms with E-state index in [9.17, 15) is 15.3 Å². The van der Waals surface area contributed by atoms with Crippen LogP contribution >= 0.6 is 0 Å². The summed E-state index contributed by atoms with van der Waals surface area (Å²) in [6, 6.07) is 0. The fourth-order valence-corrected chi connectivity index (χ4v) is 1.16. The van der Waals surface area contributed by atoms with E-state index < -0.39 is 37.3 Å². The van der Waals surface area contributed by atoms with Gasteiger partial charge in [-0.1, -0.05) is 0 Å². The van der Waals surface area contributed by atoms with Gasteiger partial charge in [0, 0.05) is 0 Å². The van der Waals surface area contributed by atoms with Gasteiger partial charge in [0.05, 0.1) is 13.2 Å². The van der Waals surface area contributed by atoms with Crippen LogP contribution in [-0.2, 0) is 4.74 Å². The largest absolute Gasteiger partial charge is 0.394 e. The van der Waals surface area contributed by atoms with Crippen molar-refractivity contribution in [3.63, 3.8) is 0 Å². The molecule has 1 saturated heterocycles. The summed E-state index contributed by atoms with van der Waals surface area (Å²) in [5.41, 5.74) is -0.648. The standard InChI is InChI=1S/C6H13NO6/c8-1-3-4(9)5(10)6(11,7-12)2-13-3/h3-5,7-12H,1-2H2/t3-,4+,5+,6-/m1/s1. The van der Waals surface area contributed by atoms with Crippen LogP contribution in [0.15, 0.2) is 0 Å². The summed E-state index contributed by atoms with van der Waals surface area (Å²) in [4.78, 5) is 0. The molecule has 0 aliphatic carbocycles. The van der Waals surface area contributed by atoms with E-state index in [1.54, 1.807) is 0 Å². The molecule has 0 aromatic heterocycles. The molecule has 1 heterocycles. The molecular formula is C6H13NO6. The van der Waals surface area contributed by atoms with Gasteiger partial charge in [0.25, 0.3) is 0 Å². The molecule has 0 aromatic carbocycles. The topological polar surface area (TPSA) is 122 Å². The van der Waals surface area contributed by atoms with Crippen LogP contribution < -0.4 is 5.48 Å². The van der Waals surface area contributed by atoms with Crippen molar-refractivity contribution in [1.82, 2.24) is 5.48 Å². The van der Waals surface area contributed by atoms with Crippen molar-refractivity contribution < 1.29 is 30.4 Å². The third-order valence-electron chi connectivity index (χ3n) is 2.08. The summed E-state index contributed by atoms with van der Waals surface area (Å²) in [5.74, 6) is 0. The number of rotatable bonds is 2. The normalized spacial score (nSPS) is 46.4. The third-order valence-corrected chi connectivity index (χ3v) is 2.08. The molecule has 4 atom stereocenters. The summed E-state index contributed by atoms with van der Waals surface area (Å²) in [5, 5.41) is 45.0. The van der Waals surface area contributed by atoms with Crippen LogP contribution in [0.1, 0.15) is 0 Å². The van der Waals surface area contributed by atoms with Crippen molar-refractivity contribution in [2.45, 2.75) is 24.0 Å². The smallest absolute Gasteiger partial charge is 0.189 e. The molecule has 0 amide bonds. The molecular weight excluding hydrogens is 182 g/mol. The Morgan fingerprint density at radius 2 is 2.08 bits per heavy atom. The minimum atomic E-state index is -2.09. The van der Waals surface area contributed by atoms with Crippen molar-refractivity contribution >= 4 is 0 Å². The monoisotopic (exact) mass is 195 g/mol.